The number of nitrogens with two attached hydrogens (primary N) is 1. The molecule has 118 valence electrons. The van der Waals surface area contributed by atoms with Crippen LogP contribution in [-0.4, -0.2) is 12.6 Å². The number of rotatable bonds is 6. The maximum atomic E-state index is 6.19. The number of hydrogen-bond acceptors (Lipinski definition) is 3. The fourth-order valence-electron chi connectivity index (χ4n) is 3.29. The number of para-hydroxylation sites is 1. The van der Waals surface area contributed by atoms with Gasteiger partial charge in [-0.3, -0.25) is 0 Å². The Morgan fingerprint density at radius 1 is 1.33 bits per heavy atom. The fraction of sp³-hybridized carbons (Fsp3) is 0.667. The SMILES string of the molecule is CC1CCCC(CCNc2cccc(OC(C)C)c2N)C1. The summed E-state index contributed by atoms with van der Waals surface area (Å²) in [6.07, 6.45) is 6.95. The van der Waals surface area contributed by atoms with Gasteiger partial charge in [-0.15, -0.1) is 0 Å². The van der Waals surface area contributed by atoms with E-state index in [1.165, 1.54) is 32.1 Å². The third kappa shape index (κ3) is 4.83. The van der Waals surface area contributed by atoms with Crippen LogP contribution in [0, 0.1) is 11.8 Å². The molecule has 1 aliphatic carbocycles. The zero-order valence-electron chi connectivity index (χ0n) is 13.7. The molecule has 1 aromatic rings. The lowest BCUT2D eigenvalue weighted by molar-refractivity contribution is 0.244. The molecule has 0 aliphatic heterocycles. The van der Waals surface area contributed by atoms with Crippen LogP contribution in [0.3, 0.4) is 0 Å². The van der Waals surface area contributed by atoms with Crippen LogP contribution in [0.1, 0.15) is 52.9 Å². The second-order valence-electron chi connectivity index (χ2n) is 6.74. The van der Waals surface area contributed by atoms with Crippen LogP contribution < -0.4 is 15.8 Å². The van der Waals surface area contributed by atoms with Crippen LogP contribution in [0.5, 0.6) is 5.75 Å². The molecule has 2 rings (SSSR count). The van der Waals surface area contributed by atoms with Crippen LogP contribution in [-0.2, 0) is 0 Å². The highest BCUT2D eigenvalue weighted by Gasteiger charge is 2.18. The minimum atomic E-state index is 0.145. The molecular formula is C18H30N2O. The molecule has 21 heavy (non-hydrogen) atoms. The van der Waals surface area contributed by atoms with Gasteiger partial charge in [-0.2, -0.15) is 0 Å². The largest absolute Gasteiger partial charge is 0.489 e. The minimum absolute atomic E-state index is 0.145. The third-order valence-electron chi connectivity index (χ3n) is 4.34. The Hall–Kier alpha value is -1.38. The van der Waals surface area contributed by atoms with Crippen LogP contribution in [0.15, 0.2) is 18.2 Å². The Bertz CT molecular complexity index is 445. The Kier molecular flexibility index (Phi) is 5.77. The Balaban J connectivity index is 1.85. The Morgan fingerprint density at radius 2 is 2.14 bits per heavy atom. The molecule has 1 fully saturated rings. The topological polar surface area (TPSA) is 47.3 Å². The predicted octanol–water partition coefficient (Wildman–Crippen LogP) is 4.68. The molecule has 3 heteroatoms. The van der Waals surface area contributed by atoms with E-state index >= 15 is 0 Å². The summed E-state index contributed by atoms with van der Waals surface area (Å²) < 4.78 is 5.73. The monoisotopic (exact) mass is 290 g/mol. The summed E-state index contributed by atoms with van der Waals surface area (Å²) >= 11 is 0. The molecule has 0 spiro atoms. The Morgan fingerprint density at radius 3 is 2.86 bits per heavy atom. The van der Waals surface area contributed by atoms with Crippen molar-refractivity contribution in [3.63, 3.8) is 0 Å². The third-order valence-corrected chi connectivity index (χ3v) is 4.34. The average Bonchev–Trinajstić information content (AvgIpc) is 2.42. The molecule has 1 saturated carbocycles. The van der Waals surface area contributed by atoms with E-state index in [1.54, 1.807) is 0 Å². The first-order valence-corrected chi connectivity index (χ1v) is 8.35. The summed E-state index contributed by atoms with van der Waals surface area (Å²) in [7, 11) is 0. The van der Waals surface area contributed by atoms with E-state index in [9.17, 15) is 0 Å². The number of anilines is 2. The smallest absolute Gasteiger partial charge is 0.144 e. The van der Waals surface area contributed by atoms with E-state index in [4.69, 9.17) is 10.5 Å². The molecule has 0 amide bonds. The fourth-order valence-corrected chi connectivity index (χ4v) is 3.29. The molecule has 1 aliphatic rings. The standard InChI is InChI=1S/C18H30N2O/c1-13(2)21-17-9-5-8-16(18(17)19)20-11-10-15-7-4-6-14(3)12-15/h5,8-9,13-15,20H,4,6-7,10-12,19H2,1-3H3. The minimum Gasteiger partial charge on any atom is -0.489 e. The van der Waals surface area contributed by atoms with Gasteiger partial charge in [-0.05, 0) is 50.7 Å². The Labute approximate surface area is 129 Å². The van der Waals surface area contributed by atoms with E-state index in [0.717, 1.165) is 35.5 Å². The van der Waals surface area contributed by atoms with Crippen LogP contribution in [0.4, 0.5) is 11.4 Å². The van der Waals surface area contributed by atoms with Gasteiger partial charge in [-0.25, -0.2) is 0 Å². The molecule has 1 aromatic carbocycles. The summed E-state index contributed by atoms with van der Waals surface area (Å²) in [6.45, 7) is 7.41. The van der Waals surface area contributed by atoms with E-state index in [2.05, 4.69) is 12.2 Å². The van der Waals surface area contributed by atoms with E-state index in [0.29, 0.717) is 0 Å². The molecule has 2 unspecified atom stereocenters. The van der Waals surface area contributed by atoms with Gasteiger partial charge >= 0.3 is 0 Å². The summed E-state index contributed by atoms with van der Waals surface area (Å²) in [5.41, 5.74) is 7.91. The second kappa shape index (κ2) is 7.58. The first-order valence-electron chi connectivity index (χ1n) is 8.35. The van der Waals surface area contributed by atoms with Crippen molar-refractivity contribution in [1.29, 1.82) is 0 Å². The van der Waals surface area contributed by atoms with Crippen molar-refractivity contribution in [1.82, 2.24) is 0 Å². The quantitative estimate of drug-likeness (QED) is 0.747. The van der Waals surface area contributed by atoms with Crippen LogP contribution >= 0.6 is 0 Å². The van der Waals surface area contributed by atoms with Crippen molar-refractivity contribution in [2.24, 2.45) is 11.8 Å². The highest BCUT2D eigenvalue weighted by Crippen LogP contribution is 2.32. The van der Waals surface area contributed by atoms with E-state index < -0.39 is 0 Å². The summed E-state index contributed by atoms with van der Waals surface area (Å²) in [6, 6.07) is 5.97. The van der Waals surface area contributed by atoms with Gasteiger partial charge < -0.3 is 15.8 Å². The molecule has 2 atom stereocenters. The average molecular weight is 290 g/mol. The lowest BCUT2D eigenvalue weighted by Gasteiger charge is -2.27. The van der Waals surface area contributed by atoms with E-state index in [-0.39, 0.29) is 6.10 Å². The van der Waals surface area contributed by atoms with E-state index in [1.807, 2.05) is 32.0 Å². The van der Waals surface area contributed by atoms with Gasteiger partial charge in [0.1, 0.15) is 5.75 Å². The van der Waals surface area contributed by atoms with Gasteiger partial charge in [0.25, 0.3) is 0 Å². The van der Waals surface area contributed by atoms with Crippen molar-refractivity contribution >= 4 is 11.4 Å². The summed E-state index contributed by atoms with van der Waals surface area (Å²) in [4.78, 5) is 0. The molecule has 3 nitrogen and oxygen atoms in total. The van der Waals surface area contributed by atoms with Gasteiger partial charge in [0.05, 0.1) is 17.5 Å². The molecule has 0 saturated heterocycles. The summed E-state index contributed by atoms with van der Waals surface area (Å²) in [5, 5.41) is 3.48. The number of nitrogens with one attached hydrogen (secondary N) is 1. The maximum Gasteiger partial charge on any atom is 0.144 e. The number of benzene rings is 1. The van der Waals surface area contributed by atoms with Crippen LogP contribution in [0.25, 0.3) is 0 Å². The van der Waals surface area contributed by atoms with Crippen LogP contribution in [0.2, 0.25) is 0 Å². The molecule has 0 heterocycles. The zero-order chi connectivity index (χ0) is 15.2. The molecule has 0 aromatic heterocycles. The van der Waals surface area contributed by atoms with Crippen molar-refractivity contribution in [3.05, 3.63) is 18.2 Å². The van der Waals surface area contributed by atoms with Gasteiger partial charge in [0.15, 0.2) is 0 Å². The molecule has 3 N–H and O–H groups in total. The highest BCUT2D eigenvalue weighted by molar-refractivity contribution is 5.72. The number of nitrogen functional groups attached to an aromatic ring is 1. The highest BCUT2D eigenvalue weighted by atomic mass is 16.5. The maximum absolute atomic E-state index is 6.19. The first kappa shape index (κ1) is 16.0. The normalized spacial score (nSPS) is 22.3. The molecule has 0 bridgehead atoms. The lowest BCUT2D eigenvalue weighted by atomic mass is 9.81. The number of hydrogen-bond donors (Lipinski definition) is 2. The van der Waals surface area contributed by atoms with Gasteiger partial charge in [0, 0.05) is 6.54 Å². The molecular weight excluding hydrogens is 260 g/mol. The number of ether oxygens (including phenoxy) is 1. The van der Waals surface area contributed by atoms with Crippen molar-refractivity contribution in [2.45, 2.75) is 59.0 Å². The van der Waals surface area contributed by atoms with Gasteiger partial charge in [-0.1, -0.05) is 32.3 Å². The van der Waals surface area contributed by atoms with Crippen molar-refractivity contribution in [3.8, 4) is 5.75 Å². The van der Waals surface area contributed by atoms with Gasteiger partial charge in [0.2, 0.25) is 0 Å². The van der Waals surface area contributed by atoms with Crippen molar-refractivity contribution < 1.29 is 4.74 Å². The summed E-state index contributed by atoms with van der Waals surface area (Å²) in [5.74, 6) is 2.55. The molecule has 0 radical (unpaired) electrons. The lowest BCUT2D eigenvalue weighted by Crippen LogP contribution is -2.17. The predicted molar refractivity (Wildman–Crippen MR) is 90.8 cm³/mol. The second-order valence-corrected chi connectivity index (χ2v) is 6.74. The zero-order valence-corrected chi connectivity index (χ0v) is 13.7. The first-order chi connectivity index (χ1) is 10.1. The van der Waals surface area contributed by atoms with Crippen molar-refractivity contribution in [2.75, 3.05) is 17.6 Å².